The number of fused-ring (bicyclic) bond motifs is 1. The van der Waals surface area contributed by atoms with E-state index in [1.165, 1.54) is 6.42 Å². The lowest BCUT2D eigenvalue weighted by molar-refractivity contribution is -0.0621. The van der Waals surface area contributed by atoms with Gasteiger partial charge in [-0.15, -0.1) is 0 Å². The molecule has 0 saturated heterocycles. The molecule has 4 atom stereocenters. The van der Waals surface area contributed by atoms with E-state index >= 15 is 0 Å². The average molecular weight is 388 g/mol. The van der Waals surface area contributed by atoms with Crippen LogP contribution in [0.1, 0.15) is 44.8 Å². The van der Waals surface area contributed by atoms with Gasteiger partial charge in [-0.3, -0.25) is 0 Å². The number of rotatable bonds is 9. The fourth-order valence-electron chi connectivity index (χ4n) is 4.08. The van der Waals surface area contributed by atoms with E-state index in [1.807, 2.05) is 12.1 Å². The van der Waals surface area contributed by atoms with Gasteiger partial charge in [-0.25, -0.2) is 0 Å². The molecule has 0 bridgehead atoms. The summed E-state index contributed by atoms with van der Waals surface area (Å²) in [6.45, 7) is 10.7. The zero-order valence-corrected chi connectivity index (χ0v) is 18.5. The topological polar surface area (TPSA) is 27.7 Å². The van der Waals surface area contributed by atoms with Crippen LogP contribution in [0.3, 0.4) is 0 Å². The van der Waals surface area contributed by atoms with Crippen LogP contribution in [0.15, 0.2) is 36.4 Å². The van der Waals surface area contributed by atoms with E-state index < -0.39 is 8.80 Å². The molecule has 0 N–H and O–H groups in total. The van der Waals surface area contributed by atoms with Crippen LogP contribution in [0.5, 0.6) is 5.75 Å². The summed E-state index contributed by atoms with van der Waals surface area (Å²) in [5.74, 6) is 2.37. The SMILES string of the molecule is COc1ccccc1C(COCC(C)(C)[Si](C)C)O[C@H]1C[C@H]2CC=C[C@H]2C1. The normalized spacial score (nSPS) is 25.8. The summed E-state index contributed by atoms with van der Waals surface area (Å²) in [5.41, 5.74) is 1.10. The van der Waals surface area contributed by atoms with E-state index in [0.29, 0.717) is 18.6 Å². The second kappa shape index (κ2) is 8.93. The molecule has 1 saturated carbocycles. The summed E-state index contributed by atoms with van der Waals surface area (Å²) in [6.07, 6.45) is 8.47. The lowest BCUT2D eigenvalue weighted by Gasteiger charge is -2.30. The van der Waals surface area contributed by atoms with E-state index in [2.05, 4.69) is 51.2 Å². The highest BCUT2D eigenvalue weighted by atomic mass is 28.3. The van der Waals surface area contributed by atoms with Crippen molar-refractivity contribution in [2.75, 3.05) is 20.3 Å². The maximum absolute atomic E-state index is 6.62. The number of hydrogen-bond acceptors (Lipinski definition) is 3. The molecule has 0 aliphatic heterocycles. The number of hydrogen-bond donors (Lipinski definition) is 0. The second-order valence-corrected chi connectivity index (χ2v) is 12.3. The Kier molecular flexibility index (Phi) is 6.82. The largest absolute Gasteiger partial charge is 0.496 e. The molecule has 3 nitrogen and oxygen atoms in total. The van der Waals surface area contributed by atoms with Crippen LogP contribution in [0.2, 0.25) is 18.1 Å². The molecule has 1 aromatic carbocycles. The fourth-order valence-corrected chi connectivity index (χ4v) is 4.47. The van der Waals surface area contributed by atoms with Gasteiger partial charge < -0.3 is 14.2 Å². The quantitative estimate of drug-likeness (QED) is 0.404. The molecule has 0 spiro atoms. The van der Waals surface area contributed by atoms with Crippen molar-refractivity contribution in [3.8, 4) is 5.75 Å². The summed E-state index contributed by atoms with van der Waals surface area (Å²) < 4.78 is 18.4. The highest BCUT2D eigenvalue weighted by Gasteiger charge is 2.37. The minimum atomic E-state index is -0.415. The molecule has 1 radical (unpaired) electrons. The molecule has 4 heteroatoms. The first kappa shape index (κ1) is 20.6. The van der Waals surface area contributed by atoms with Crippen LogP contribution < -0.4 is 4.74 Å². The summed E-state index contributed by atoms with van der Waals surface area (Å²) in [7, 11) is 1.31. The summed E-state index contributed by atoms with van der Waals surface area (Å²) in [6, 6.07) is 8.20. The van der Waals surface area contributed by atoms with Gasteiger partial charge in [-0.2, -0.15) is 0 Å². The summed E-state index contributed by atoms with van der Waals surface area (Å²) in [5, 5.41) is 0.255. The van der Waals surface area contributed by atoms with Crippen LogP contribution in [0.25, 0.3) is 0 Å². The first-order chi connectivity index (χ1) is 12.9. The lowest BCUT2D eigenvalue weighted by Crippen LogP contribution is -2.28. The summed E-state index contributed by atoms with van der Waals surface area (Å²) in [4.78, 5) is 0. The van der Waals surface area contributed by atoms with Crippen molar-refractivity contribution >= 4 is 8.80 Å². The van der Waals surface area contributed by atoms with E-state index in [1.54, 1.807) is 7.11 Å². The van der Waals surface area contributed by atoms with Gasteiger partial charge in [0.15, 0.2) is 0 Å². The van der Waals surface area contributed by atoms with Crippen molar-refractivity contribution in [2.24, 2.45) is 11.8 Å². The molecule has 2 aliphatic carbocycles. The molecule has 0 heterocycles. The number of methoxy groups -OCH3 is 1. The molecule has 27 heavy (non-hydrogen) atoms. The molecule has 149 valence electrons. The van der Waals surface area contributed by atoms with E-state index in [0.717, 1.165) is 36.7 Å². The molecular weight excluding hydrogens is 352 g/mol. The van der Waals surface area contributed by atoms with Crippen molar-refractivity contribution in [3.63, 3.8) is 0 Å². The maximum Gasteiger partial charge on any atom is 0.124 e. The van der Waals surface area contributed by atoms with Gasteiger partial charge in [0, 0.05) is 12.2 Å². The fraction of sp³-hybridized carbons (Fsp3) is 0.652. The minimum Gasteiger partial charge on any atom is -0.496 e. The Bertz CT molecular complexity index is 640. The van der Waals surface area contributed by atoms with E-state index in [4.69, 9.17) is 14.2 Å². The van der Waals surface area contributed by atoms with Crippen LogP contribution in [0, 0.1) is 11.8 Å². The number of para-hydroxylation sites is 1. The van der Waals surface area contributed by atoms with Crippen molar-refractivity contribution in [1.29, 1.82) is 0 Å². The molecular formula is C23H35O3Si. The van der Waals surface area contributed by atoms with Crippen LogP contribution in [0.4, 0.5) is 0 Å². The molecule has 0 amide bonds. The molecule has 3 rings (SSSR count). The zero-order valence-electron chi connectivity index (χ0n) is 17.5. The number of benzene rings is 1. The molecule has 1 aromatic rings. The third-order valence-electron chi connectivity index (χ3n) is 6.46. The first-order valence-corrected chi connectivity index (χ1v) is 12.7. The van der Waals surface area contributed by atoms with Crippen molar-refractivity contribution in [1.82, 2.24) is 0 Å². The van der Waals surface area contributed by atoms with Crippen LogP contribution in [-0.2, 0) is 9.47 Å². The predicted octanol–water partition coefficient (Wildman–Crippen LogP) is 5.66. The third-order valence-corrected chi connectivity index (χ3v) is 9.31. The Morgan fingerprint density at radius 1 is 1.19 bits per heavy atom. The van der Waals surface area contributed by atoms with Gasteiger partial charge in [0.25, 0.3) is 0 Å². The Morgan fingerprint density at radius 2 is 1.96 bits per heavy atom. The monoisotopic (exact) mass is 387 g/mol. The van der Waals surface area contributed by atoms with Gasteiger partial charge >= 0.3 is 0 Å². The molecule has 1 fully saturated rings. The van der Waals surface area contributed by atoms with Gasteiger partial charge in [-0.1, -0.05) is 57.3 Å². The van der Waals surface area contributed by atoms with Crippen LogP contribution in [-0.4, -0.2) is 35.2 Å². The smallest absolute Gasteiger partial charge is 0.124 e. The standard InChI is InChI=1S/C23H35O3Si/c1-23(2,27(4)5)16-25-15-22(20-11-6-7-12-21(20)24-3)26-19-13-17-9-8-10-18(17)14-19/h6-9,11-12,17-19,22H,10,13-16H2,1-5H3/t17-,18+,19+,22?/m0/s1. The number of ether oxygens (including phenoxy) is 3. The lowest BCUT2D eigenvalue weighted by atomic mass is 10.0. The van der Waals surface area contributed by atoms with Gasteiger partial charge in [0.1, 0.15) is 11.9 Å². The van der Waals surface area contributed by atoms with Gasteiger partial charge in [0.05, 0.1) is 28.6 Å². The minimum absolute atomic E-state index is 0.0749. The van der Waals surface area contributed by atoms with Crippen molar-refractivity contribution < 1.29 is 14.2 Å². The molecule has 1 unspecified atom stereocenters. The second-order valence-electron chi connectivity index (χ2n) is 8.95. The molecule has 0 aromatic heterocycles. The third kappa shape index (κ3) is 5.04. The zero-order chi connectivity index (χ0) is 19.4. The Morgan fingerprint density at radius 3 is 2.67 bits per heavy atom. The Labute approximate surface area is 166 Å². The van der Waals surface area contributed by atoms with E-state index in [9.17, 15) is 0 Å². The molecule has 2 aliphatic rings. The maximum atomic E-state index is 6.62. The highest BCUT2D eigenvalue weighted by Crippen LogP contribution is 2.43. The van der Waals surface area contributed by atoms with Crippen molar-refractivity contribution in [3.05, 3.63) is 42.0 Å². The van der Waals surface area contributed by atoms with Crippen LogP contribution >= 0.6 is 0 Å². The van der Waals surface area contributed by atoms with Crippen molar-refractivity contribution in [2.45, 2.75) is 63.5 Å². The average Bonchev–Trinajstić information content (AvgIpc) is 3.22. The van der Waals surface area contributed by atoms with Gasteiger partial charge in [-0.05, 0) is 42.2 Å². The van der Waals surface area contributed by atoms with E-state index in [-0.39, 0.29) is 11.1 Å². The van der Waals surface area contributed by atoms with Gasteiger partial charge in [0.2, 0.25) is 0 Å². The first-order valence-electron chi connectivity index (χ1n) is 10.2. The Balaban J connectivity index is 1.68. The Hall–Kier alpha value is -1.10. The number of allylic oxidation sites excluding steroid dienone is 2. The summed E-state index contributed by atoms with van der Waals surface area (Å²) >= 11 is 0. The highest BCUT2D eigenvalue weighted by molar-refractivity contribution is 6.59. The predicted molar refractivity (Wildman–Crippen MR) is 113 cm³/mol.